The lowest BCUT2D eigenvalue weighted by Gasteiger charge is -2.08. The lowest BCUT2D eigenvalue weighted by atomic mass is 10.5. The zero-order chi connectivity index (χ0) is 9.84. The maximum absolute atomic E-state index is 5.43. The monoisotopic (exact) mass is 184 g/mol. The Morgan fingerprint density at radius 1 is 1.46 bits per heavy atom. The minimum Gasteiger partial charge on any atom is -0.461 e. The highest BCUT2D eigenvalue weighted by molar-refractivity contribution is 4.99. The van der Waals surface area contributed by atoms with E-state index in [1.54, 1.807) is 0 Å². The molecule has 0 unspecified atom stereocenters. The van der Waals surface area contributed by atoms with Gasteiger partial charge in [-0.2, -0.15) is 0 Å². The van der Waals surface area contributed by atoms with Crippen LogP contribution < -0.4 is 10.1 Å². The second-order valence-electron chi connectivity index (χ2n) is 3.15. The summed E-state index contributed by atoms with van der Waals surface area (Å²) in [7, 11) is 3.77. The number of hydrogen-bond acceptors (Lipinski definition) is 4. The second kappa shape index (κ2) is 4.23. The third kappa shape index (κ3) is 2.42. The fourth-order valence-electron chi connectivity index (χ4n) is 0.971. The van der Waals surface area contributed by atoms with Gasteiger partial charge in [-0.25, -0.2) is 0 Å². The topological polar surface area (TPSA) is 52.0 Å². The molecule has 0 bridgehead atoms. The Kier molecular flexibility index (Phi) is 3.25. The third-order valence-corrected chi connectivity index (χ3v) is 1.60. The van der Waals surface area contributed by atoms with E-state index in [0.717, 1.165) is 5.82 Å². The average Bonchev–Trinajstić information content (AvgIpc) is 2.36. The molecule has 13 heavy (non-hydrogen) atoms. The Morgan fingerprint density at radius 3 is 2.69 bits per heavy atom. The molecule has 0 aliphatic rings. The smallest absolute Gasteiger partial charge is 0.316 e. The van der Waals surface area contributed by atoms with E-state index in [-0.39, 0.29) is 6.10 Å². The zero-order valence-electron chi connectivity index (χ0n) is 8.53. The van der Waals surface area contributed by atoms with Gasteiger partial charge in [0.1, 0.15) is 5.82 Å². The van der Waals surface area contributed by atoms with Crippen molar-refractivity contribution in [3.8, 4) is 6.01 Å². The van der Waals surface area contributed by atoms with Crippen molar-refractivity contribution < 1.29 is 4.74 Å². The molecule has 0 saturated carbocycles. The lowest BCUT2D eigenvalue weighted by Crippen LogP contribution is -2.13. The molecule has 0 amide bonds. The Labute approximate surface area is 78.1 Å². The number of ether oxygens (including phenoxy) is 1. The molecule has 1 aromatic rings. The van der Waals surface area contributed by atoms with Gasteiger partial charge >= 0.3 is 6.01 Å². The molecule has 0 aromatic carbocycles. The van der Waals surface area contributed by atoms with E-state index in [1.165, 1.54) is 0 Å². The van der Waals surface area contributed by atoms with E-state index in [0.29, 0.717) is 12.6 Å². The fourth-order valence-corrected chi connectivity index (χ4v) is 0.971. The number of rotatable bonds is 4. The van der Waals surface area contributed by atoms with Crippen molar-refractivity contribution in [2.45, 2.75) is 26.5 Å². The van der Waals surface area contributed by atoms with Crippen molar-refractivity contribution >= 4 is 0 Å². The largest absolute Gasteiger partial charge is 0.461 e. The molecule has 0 spiro atoms. The molecule has 0 aliphatic heterocycles. The minimum atomic E-state index is 0.130. The average molecular weight is 184 g/mol. The maximum atomic E-state index is 5.43. The van der Waals surface area contributed by atoms with E-state index in [2.05, 4.69) is 15.5 Å². The first-order valence-corrected chi connectivity index (χ1v) is 4.34. The van der Waals surface area contributed by atoms with Gasteiger partial charge in [-0.1, -0.05) is 5.10 Å². The molecule has 0 aliphatic carbocycles. The summed E-state index contributed by atoms with van der Waals surface area (Å²) in [6, 6.07) is 0.570. The van der Waals surface area contributed by atoms with E-state index in [1.807, 2.05) is 32.5 Å². The highest BCUT2D eigenvalue weighted by atomic mass is 16.5. The highest BCUT2D eigenvalue weighted by Crippen LogP contribution is 2.08. The summed E-state index contributed by atoms with van der Waals surface area (Å²) in [5, 5.41) is 10.9. The Morgan fingerprint density at radius 2 is 2.15 bits per heavy atom. The normalized spacial score (nSPS) is 10.8. The van der Waals surface area contributed by atoms with E-state index < -0.39 is 0 Å². The van der Waals surface area contributed by atoms with Crippen LogP contribution in [0.4, 0.5) is 0 Å². The highest BCUT2D eigenvalue weighted by Gasteiger charge is 2.09. The van der Waals surface area contributed by atoms with Gasteiger partial charge < -0.3 is 10.1 Å². The summed E-state index contributed by atoms with van der Waals surface area (Å²) >= 11 is 0. The predicted molar refractivity (Wildman–Crippen MR) is 49.5 cm³/mol. The SMILES string of the molecule is CNCc1nnc(OC(C)C)n1C. The van der Waals surface area contributed by atoms with E-state index >= 15 is 0 Å². The van der Waals surface area contributed by atoms with Gasteiger partial charge in [0.2, 0.25) is 0 Å². The van der Waals surface area contributed by atoms with Crippen LogP contribution in [0.15, 0.2) is 0 Å². The van der Waals surface area contributed by atoms with Gasteiger partial charge in [0.25, 0.3) is 0 Å². The summed E-state index contributed by atoms with van der Waals surface area (Å²) in [6.07, 6.45) is 0.130. The number of aromatic nitrogens is 3. The molecule has 1 heterocycles. The first-order valence-electron chi connectivity index (χ1n) is 4.34. The molecule has 5 heteroatoms. The van der Waals surface area contributed by atoms with Gasteiger partial charge in [0, 0.05) is 7.05 Å². The van der Waals surface area contributed by atoms with Crippen molar-refractivity contribution in [3.63, 3.8) is 0 Å². The third-order valence-electron chi connectivity index (χ3n) is 1.60. The molecule has 1 N–H and O–H groups in total. The van der Waals surface area contributed by atoms with Gasteiger partial charge in [0.05, 0.1) is 12.6 Å². The van der Waals surface area contributed by atoms with Gasteiger partial charge in [-0.15, -0.1) is 5.10 Å². The second-order valence-corrected chi connectivity index (χ2v) is 3.15. The van der Waals surface area contributed by atoms with Crippen LogP contribution in [-0.2, 0) is 13.6 Å². The van der Waals surface area contributed by atoms with E-state index in [9.17, 15) is 0 Å². The molecular weight excluding hydrogens is 168 g/mol. The van der Waals surface area contributed by atoms with Crippen LogP contribution in [0.1, 0.15) is 19.7 Å². The molecule has 0 radical (unpaired) electrons. The van der Waals surface area contributed by atoms with Crippen LogP contribution in [-0.4, -0.2) is 27.9 Å². The number of nitrogens with zero attached hydrogens (tertiary/aromatic N) is 3. The number of hydrogen-bond donors (Lipinski definition) is 1. The van der Waals surface area contributed by atoms with Crippen molar-refractivity contribution in [1.29, 1.82) is 0 Å². The molecular formula is C8H16N4O. The summed E-state index contributed by atoms with van der Waals surface area (Å²) < 4.78 is 7.28. The summed E-state index contributed by atoms with van der Waals surface area (Å²) in [5.74, 6) is 0.873. The van der Waals surface area contributed by atoms with Crippen molar-refractivity contribution in [3.05, 3.63) is 5.82 Å². The fraction of sp³-hybridized carbons (Fsp3) is 0.750. The van der Waals surface area contributed by atoms with Crippen molar-refractivity contribution in [2.75, 3.05) is 7.05 Å². The van der Waals surface area contributed by atoms with Crippen LogP contribution in [0, 0.1) is 0 Å². The first-order chi connectivity index (χ1) is 6.15. The maximum Gasteiger partial charge on any atom is 0.316 e. The number of nitrogens with one attached hydrogen (secondary N) is 1. The van der Waals surface area contributed by atoms with Crippen LogP contribution >= 0.6 is 0 Å². The van der Waals surface area contributed by atoms with Gasteiger partial charge in [-0.3, -0.25) is 4.57 Å². The van der Waals surface area contributed by atoms with Crippen molar-refractivity contribution in [1.82, 2.24) is 20.1 Å². The molecule has 0 saturated heterocycles. The van der Waals surface area contributed by atoms with Crippen LogP contribution in [0.25, 0.3) is 0 Å². The van der Waals surface area contributed by atoms with Gasteiger partial charge in [-0.05, 0) is 20.9 Å². The Hall–Kier alpha value is -1.10. The van der Waals surface area contributed by atoms with Crippen LogP contribution in [0.3, 0.4) is 0 Å². The lowest BCUT2D eigenvalue weighted by molar-refractivity contribution is 0.213. The molecule has 1 aromatic heterocycles. The molecule has 0 fully saturated rings. The molecule has 0 atom stereocenters. The molecule has 5 nitrogen and oxygen atoms in total. The predicted octanol–water partition coefficient (Wildman–Crippen LogP) is 0.322. The molecule has 74 valence electrons. The zero-order valence-corrected chi connectivity index (χ0v) is 8.53. The summed E-state index contributed by atoms with van der Waals surface area (Å²) in [6.45, 7) is 4.63. The van der Waals surface area contributed by atoms with E-state index in [4.69, 9.17) is 4.74 Å². The Balaban J connectivity index is 2.74. The van der Waals surface area contributed by atoms with Crippen molar-refractivity contribution in [2.24, 2.45) is 7.05 Å². The summed E-state index contributed by atoms with van der Waals surface area (Å²) in [5.41, 5.74) is 0. The molecule has 1 rings (SSSR count). The first kappa shape index (κ1) is 9.98. The standard InChI is InChI=1S/C8H16N4O/c1-6(2)13-8-11-10-7(5-9-3)12(8)4/h6,9H,5H2,1-4H3. The van der Waals surface area contributed by atoms with Crippen LogP contribution in [0.2, 0.25) is 0 Å². The quantitative estimate of drug-likeness (QED) is 0.732. The summed E-state index contributed by atoms with van der Waals surface area (Å²) in [4.78, 5) is 0. The Bertz CT molecular complexity index is 269. The minimum absolute atomic E-state index is 0.130. The van der Waals surface area contributed by atoms with Gasteiger partial charge in [0.15, 0.2) is 0 Å². The van der Waals surface area contributed by atoms with Crippen LogP contribution in [0.5, 0.6) is 6.01 Å².